The molecule has 1 aliphatic heterocycles. The van der Waals surface area contributed by atoms with Crippen LogP contribution in [0.3, 0.4) is 0 Å². The molecule has 1 saturated heterocycles. The lowest BCUT2D eigenvalue weighted by Crippen LogP contribution is -2.56. The number of ketones is 1. The highest BCUT2D eigenvalue weighted by molar-refractivity contribution is 6.30. The Bertz CT molecular complexity index is 1070. The zero-order valence-corrected chi connectivity index (χ0v) is 23.8. The Morgan fingerprint density at radius 1 is 1.13 bits per heavy atom. The number of hydrogen-bond acceptors (Lipinski definition) is 4. The van der Waals surface area contributed by atoms with E-state index in [1.165, 1.54) is 19.3 Å². The molecule has 2 aliphatic rings. The van der Waals surface area contributed by atoms with Gasteiger partial charge in [-0.3, -0.25) is 9.59 Å². The van der Waals surface area contributed by atoms with E-state index in [-0.39, 0.29) is 17.4 Å². The van der Waals surface area contributed by atoms with Crippen molar-refractivity contribution in [3.05, 3.63) is 53.1 Å². The van der Waals surface area contributed by atoms with Gasteiger partial charge in [0.1, 0.15) is 11.8 Å². The van der Waals surface area contributed by atoms with Gasteiger partial charge in [-0.2, -0.15) is 0 Å². The number of aromatic amines is 1. The molecule has 1 saturated carbocycles. The molecule has 4 rings (SSSR count). The normalized spacial score (nSPS) is 18.4. The standard InChI is InChI=1S/C30H42ClN5O3/c1-2-6-27(37)30(23-7-4-3-5-8-23)14-17-36(18-15-30)28(38)26(19-22-9-11-24(31)12-10-22)35-29(39)33-16-13-25-20-32-21-34-25/h9-12,20-21,23,26H,2-8,13-19H2,1H3,(H,32,34)(H2,33,35,39)/t26-/m1/s1. The van der Waals surface area contributed by atoms with Crippen LogP contribution in [0.2, 0.25) is 5.02 Å². The van der Waals surface area contributed by atoms with Gasteiger partial charge in [0.15, 0.2) is 0 Å². The molecule has 1 atom stereocenters. The zero-order chi connectivity index (χ0) is 27.7. The third kappa shape index (κ3) is 7.62. The van der Waals surface area contributed by atoms with E-state index in [0.717, 1.165) is 30.5 Å². The number of nitrogens with zero attached hydrogens (tertiary/aromatic N) is 2. The summed E-state index contributed by atoms with van der Waals surface area (Å²) in [6.45, 7) is 3.57. The van der Waals surface area contributed by atoms with Gasteiger partial charge in [0.25, 0.3) is 0 Å². The predicted molar refractivity (Wildman–Crippen MR) is 153 cm³/mol. The maximum absolute atomic E-state index is 13.8. The molecule has 1 aromatic carbocycles. The van der Waals surface area contributed by atoms with Crippen molar-refractivity contribution in [2.45, 2.75) is 83.6 Å². The van der Waals surface area contributed by atoms with E-state index in [2.05, 4.69) is 27.5 Å². The summed E-state index contributed by atoms with van der Waals surface area (Å²) in [5, 5.41) is 6.39. The van der Waals surface area contributed by atoms with Gasteiger partial charge in [-0.25, -0.2) is 9.78 Å². The number of likely N-dealkylation sites (tertiary alicyclic amines) is 1. The molecule has 2 fully saturated rings. The number of benzene rings is 1. The number of hydrogen-bond donors (Lipinski definition) is 3. The Morgan fingerprint density at radius 2 is 1.85 bits per heavy atom. The van der Waals surface area contributed by atoms with Gasteiger partial charge >= 0.3 is 6.03 Å². The molecule has 8 nitrogen and oxygen atoms in total. The van der Waals surface area contributed by atoms with Crippen molar-refractivity contribution in [3.63, 3.8) is 0 Å². The Balaban J connectivity index is 1.42. The summed E-state index contributed by atoms with van der Waals surface area (Å²) in [5.74, 6) is 0.703. The summed E-state index contributed by atoms with van der Waals surface area (Å²) < 4.78 is 0. The van der Waals surface area contributed by atoms with Gasteiger partial charge in [-0.05, 0) is 55.7 Å². The molecular weight excluding hydrogens is 514 g/mol. The van der Waals surface area contributed by atoms with E-state index in [1.807, 2.05) is 17.0 Å². The van der Waals surface area contributed by atoms with Crippen molar-refractivity contribution in [1.29, 1.82) is 0 Å². The molecule has 2 heterocycles. The summed E-state index contributed by atoms with van der Waals surface area (Å²) in [6.07, 6.45) is 13.1. The maximum Gasteiger partial charge on any atom is 0.315 e. The molecule has 1 aromatic heterocycles. The molecule has 0 bridgehead atoms. The van der Waals surface area contributed by atoms with E-state index >= 15 is 0 Å². The lowest BCUT2D eigenvalue weighted by atomic mass is 9.61. The Kier molecular flexibility index (Phi) is 10.4. The van der Waals surface area contributed by atoms with Gasteiger partial charge in [0.05, 0.1) is 12.0 Å². The largest absolute Gasteiger partial charge is 0.351 e. The molecule has 212 valence electrons. The van der Waals surface area contributed by atoms with Crippen LogP contribution in [0.1, 0.15) is 76.0 Å². The molecule has 0 unspecified atom stereocenters. The molecule has 3 amide bonds. The number of nitrogens with one attached hydrogen (secondary N) is 3. The van der Waals surface area contributed by atoms with Crippen LogP contribution < -0.4 is 10.6 Å². The third-order valence-electron chi connectivity index (χ3n) is 8.56. The Morgan fingerprint density at radius 3 is 2.49 bits per heavy atom. The van der Waals surface area contributed by atoms with Crippen LogP contribution in [-0.2, 0) is 22.4 Å². The van der Waals surface area contributed by atoms with Crippen LogP contribution in [0.4, 0.5) is 4.79 Å². The first-order chi connectivity index (χ1) is 18.9. The first-order valence-electron chi connectivity index (χ1n) is 14.5. The quantitative estimate of drug-likeness (QED) is 0.359. The van der Waals surface area contributed by atoms with E-state index in [0.29, 0.717) is 68.5 Å². The van der Waals surface area contributed by atoms with Crippen molar-refractivity contribution in [2.75, 3.05) is 19.6 Å². The van der Waals surface area contributed by atoms with Crippen LogP contribution in [0, 0.1) is 11.3 Å². The second kappa shape index (κ2) is 14.0. The molecule has 9 heteroatoms. The molecule has 3 N–H and O–H groups in total. The van der Waals surface area contributed by atoms with Crippen LogP contribution in [0.5, 0.6) is 0 Å². The monoisotopic (exact) mass is 555 g/mol. The van der Waals surface area contributed by atoms with Crippen LogP contribution in [-0.4, -0.2) is 58.3 Å². The number of aromatic nitrogens is 2. The van der Waals surface area contributed by atoms with Crippen molar-refractivity contribution in [2.24, 2.45) is 11.3 Å². The zero-order valence-electron chi connectivity index (χ0n) is 23.0. The van der Waals surface area contributed by atoms with E-state index < -0.39 is 6.04 Å². The van der Waals surface area contributed by atoms with Gasteiger partial charge < -0.3 is 20.5 Å². The molecule has 2 aromatic rings. The summed E-state index contributed by atoms with van der Waals surface area (Å²) >= 11 is 6.07. The number of piperidine rings is 1. The van der Waals surface area contributed by atoms with E-state index in [4.69, 9.17) is 11.6 Å². The van der Waals surface area contributed by atoms with Crippen molar-refractivity contribution < 1.29 is 14.4 Å². The van der Waals surface area contributed by atoms with E-state index in [9.17, 15) is 14.4 Å². The highest BCUT2D eigenvalue weighted by Gasteiger charge is 2.47. The SMILES string of the molecule is CCCC(=O)C1(C2CCCCC2)CCN(C(=O)[C@@H](Cc2ccc(Cl)cc2)NC(=O)NCCc2c[nH]cn2)CC1. The van der Waals surface area contributed by atoms with Gasteiger partial charge in [0.2, 0.25) is 5.91 Å². The first-order valence-corrected chi connectivity index (χ1v) is 14.9. The minimum Gasteiger partial charge on any atom is -0.351 e. The average Bonchev–Trinajstić information content (AvgIpc) is 3.48. The van der Waals surface area contributed by atoms with Crippen molar-refractivity contribution in [3.8, 4) is 0 Å². The summed E-state index contributed by atoms with van der Waals surface area (Å²) in [4.78, 5) is 49.0. The minimum atomic E-state index is -0.718. The number of Topliss-reactive ketones (excluding diaryl/α,β-unsaturated/α-hetero) is 1. The fourth-order valence-electron chi connectivity index (χ4n) is 6.39. The predicted octanol–water partition coefficient (Wildman–Crippen LogP) is 5.07. The van der Waals surface area contributed by atoms with Crippen LogP contribution >= 0.6 is 11.6 Å². The number of rotatable bonds is 11. The Labute approximate surface area is 236 Å². The molecular formula is C30H42ClN5O3. The number of halogens is 1. The number of imidazole rings is 1. The average molecular weight is 556 g/mol. The second-order valence-corrected chi connectivity index (χ2v) is 11.5. The number of carbonyl (C=O) groups excluding carboxylic acids is 3. The second-order valence-electron chi connectivity index (χ2n) is 11.1. The van der Waals surface area contributed by atoms with E-state index in [1.54, 1.807) is 24.7 Å². The first kappa shape index (κ1) is 29.1. The molecule has 0 radical (unpaired) electrons. The maximum atomic E-state index is 13.8. The highest BCUT2D eigenvalue weighted by atomic mass is 35.5. The fourth-order valence-corrected chi connectivity index (χ4v) is 6.52. The van der Waals surface area contributed by atoms with Crippen LogP contribution in [0.25, 0.3) is 0 Å². The summed E-state index contributed by atoms with van der Waals surface area (Å²) in [6, 6.07) is 6.25. The number of amides is 3. The lowest BCUT2D eigenvalue weighted by molar-refractivity contribution is -0.144. The molecule has 1 aliphatic carbocycles. The topological polar surface area (TPSA) is 107 Å². The fraction of sp³-hybridized carbons (Fsp3) is 0.600. The number of carbonyl (C=O) groups is 3. The Hall–Kier alpha value is -2.87. The van der Waals surface area contributed by atoms with Gasteiger partial charge in [-0.15, -0.1) is 0 Å². The van der Waals surface area contributed by atoms with Crippen molar-refractivity contribution >= 4 is 29.3 Å². The lowest BCUT2D eigenvalue weighted by Gasteiger charge is -2.47. The van der Waals surface area contributed by atoms with Crippen LogP contribution in [0.15, 0.2) is 36.8 Å². The van der Waals surface area contributed by atoms with Crippen molar-refractivity contribution in [1.82, 2.24) is 25.5 Å². The third-order valence-corrected chi connectivity index (χ3v) is 8.82. The van der Waals surface area contributed by atoms with Gasteiger partial charge in [0, 0.05) is 55.5 Å². The number of H-pyrrole nitrogens is 1. The molecule has 0 spiro atoms. The summed E-state index contributed by atoms with van der Waals surface area (Å²) in [5.41, 5.74) is 1.47. The number of urea groups is 1. The highest BCUT2D eigenvalue weighted by Crippen LogP contribution is 2.47. The van der Waals surface area contributed by atoms with Gasteiger partial charge in [-0.1, -0.05) is 49.9 Å². The smallest absolute Gasteiger partial charge is 0.315 e. The minimum absolute atomic E-state index is 0.104. The molecule has 39 heavy (non-hydrogen) atoms. The summed E-state index contributed by atoms with van der Waals surface area (Å²) in [7, 11) is 0.